The fraction of sp³-hybridized carbons (Fsp3) is 0.286. The SMILES string of the molecule is Cc1nn(C)c(C)c1CC(=O)Nc1ncccc1C(=O)O. The van der Waals surface area contributed by atoms with E-state index in [4.69, 9.17) is 5.11 Å². The van der Waals surface area contributed by atoms with E-state index in [-0.39, 0.29) is 23.7 Å². The number of amides is 1. The van der Waals surface area contributed by atoms with E-state index >= 15 is 0 Å². The summed E-state index contributed by atoms with van der Waals surface area (Å²) in [5, 5.41) is 15.8. The minimum atomic E-state index is -1.13. The van der Waals surface area contributed by atoms with Gasteiger partial charge in [-0.2, -0.15) is 5.10 Å². The number of pyridine rings is 1. The molecule has 0 aliphatic carbocycles. The number of rotatable bonds is 4. The summed E-state index contributed by atoms with van der Waals surface area (Å²) in [5.74, 6) is -1.41. The molecule has 2 N–H and O–H groups in total. The molecule has 0 radical (unpaired) electrons. The van der Waals surface area contributed by atoms with Crippen LogP contribution >= 0.6 is 0 Å². The molecular weight excluding hydrogens is 272 g/mol. The van der Waals surface area contributed by atoms with Gasteiger partial charge in [0.2, 0.25) is 5.91 Å². The van der Waals surface area contributed by atoms with E-state index in [2.05, 4.69) is 15.4 Å². The first-order chi connectivity index (χ1) is 9.90. The third kappa shape index (κ3) is 3.07. The largest absolute Gasteiger partial charge is 0.478 e. The molecule has 0 saturated heterocycles. The number of carboxylic acids is 1. The lowest BCUT2D eigenvalue weighted by molar-refractivity contribution is -0.115. The number of nitrogens with zero attached hydrogens (tertiary/aromatic N) is 3. The number of anilines is 1. The lowest BCUT2D eigenvalue weighted by Gasteiger charge is -2.07. The summed E-state index contributed by atoms with van der Waals surface area (Å²) in [4.78, 5) is 27.1. The highest BCUT2D eigenvalue weighted by Crippen LogP contribution is 2.15. The normalized spacial score (nSPS) is 10.4. The minimum Gasteiger partial charge on any atom is -0.478 e. The first-order valence-corrected chi connectivity index (χ1v) is 6.37. The Bertz CT molecular complexity index is 706. The third-order valence-corrected chi connectivity index (χ3v) is 3.29. The number of hydrogen-bond acceptors (Lipinski definition) is 4. The molecule has 2 rings (SSSR count). The first kappa shape index (κ1) is 14.7. The van der Waals surface area contributed by atoms with E-state index in [0.717, 1.165) is 17.0 Å². The van der Waals surface area contributed by atoms with Crippen LogP contribution in [-0.4, -0.2) is 31.7 Å². The number of carboxylic acid groups (broad SMARTS) is 1. The lowest BCUT2D eigenvalue weighted by atomic mass is 10.1. The Labute approximate surface area is 121 Å². The summed E-state index contributed by atoms with van der Waals surface area (Å²) in [6.07, 6.45) is 1.56. The maximum absolute atomic E-state index is 12.1. The molecule has 110 valence electrons. The van der Waals surface area contributed by atoms with Gasteiger partial charge in [-0.15, -0.1) is 0 Å². The lowest BCUT2D eigenvalue weighted by Crippen LogP contribution is -2.18. The molecule has 0 saturated carbocycles. The van der Waals surface area contributed by atoms with Gasteiger partial charge in [0.05, 0.1) is 12.1 Å². The summed E-state index contributed by atoms with van der Waals surface area (Å²) >= 11 is 0. The molecule has 7 nitrogen and oxygen atoms in total. The highest BCUT2D eigenvalue weighted by molar-refractivity contribution is 5.99. The van der Waals surface area contributed by atoms with Crippen LogP contribution in [0.5, 0.6) is 0 Å². The maximum atomic E-state index is 12.1. The Balaban J connectivity index is 2.18. The van der Waals surface area contributed by atoms with Crippen molar-refractivity contribution in [2.75, 3.05) is 5.32 Å². The molecule has 2 heterocycles. The van der Waals surface area contributed by atoms with Gasteiger partial charge in [0.1, 0.15) is 11.4 Å². The summed E-state index contributed by atoms with van der Waals surface area (Å²) in [5.41, 5.74) is 2.49. The Morgan fingerprint density at radius 2 is 2.10 bits per heavy atom. The Kier molecular flexibility index (Phi) is 4.02. The second-order valence-corrected chi connectivity index (χ2v) is 4.70. The third-order valence-electron chi connectivity index (χ3n) is 3.29. The van der Waals surface area contributed by atoms with E-state index in [0.29, 0.717) is 0 Å². The van der Waals surface area contributed by atoms with Crippen LogP contribution in [0, 0.1) is 13.8 Å². The average molecular weight is 288 g/mol. The average Bonchev–Trinajstić information content (AvgIpc) is 2.66. The van der Waals surface area contributed by atoms with Gasteiger partial charge < -0.3 is 10.4 Å². The zero-order chi connectivity index (χ0) is 15.6. The molecule has 0 aromatic carbocycles. The summed E-state index contributed by atoms with van der Waals surface area (Å²) in [7, 11) is 1.81. The van der Waals surface area contributed by atoms with Gasteiger partial charge >= 0.3 is 5.97 Å². The minimum absolute atomic E-state index is 0.0366. The van der Waals surface area contributed by atoms with Crippen LogP contribution in [0.3, 0.4) is 0 Å². The highest BCUT2D eigenvalue weighted by atomic mass is 16.4. The molecule has 1 amide bonds. The number of aryl methyl sites for hydroxylation is 2. The topological polar surface area (TPSA) is 97.1 Å². The Hall–Kier alpha value is -2.70. The maximum Gasteiger partial charge on any atom is 0.339 e. The first-order valence-electron chi connectivity index (χ1n) is 6.37. The Morgan fingerprint density at radius 3 is 2.67 bits per heavy atom. The molecule has 2 aromatic rings. The van der Waals surface area contributed by atoms with Gasteiger partial charge in [-0.1, -0.05) is 0 Å². The van der Waals surface area contributed by atoms with Crippen molar-refractivity contribution in [3.63, 3.8) is 0 Å². The van der Waals surface area contributed by atoms with Gasteiger partial charge in [0.15, 0.2) is 0 Å². The molecule has 21 heavy (non-hydrogen) atoms. The van der Waals surface area contributed by atoms with Crippen LogP contribution in [0.4, 0.5) is 5.82 Å². The number of aromatic carboxylic acids is 1. The second-order valence-electron chi connectivity index (χ2n) is 4.70. The van der Waals surface area contributed by atoms with Crippen LogP contribution in [-0.2, 0) is 18.3 Å². The van der Waals surface area contributed by atoms with Crippen molar-refractivity contribution in [2.45, 2.75) is 20.3 Å². The monoisotopic (exact) mass is 288 g/mol. The number of aromatic nitrogens is 3. The second kappa shape index (κ2) is 5.74. The van der Waals surface area contributed by atoms with Crippen LogP contribution in [0.15, 0.2) is 18.3 Å². The summed E-state index contributed by atoms with van der Waals surface area (Å²) in [6.45, 7) is 3.71. The molecule has 7 heteroatoms. The fourth-order valence-electron chi connectivity index (χ4n) is 2.09. The highest BCUT2D eigenvalue weighted by Gasteiger charge is 2.16. The molecule has 0 aliphatic heterocycles. The number of carbonyl (C=O) groups excluding carboxylic acids is 1. The predicted molar refractivity (Wildman–Crippen MR) is 76.2 cm³/mol. The van der Waals surface area contributed by atoms with Crippen molar-refractivity contribution in [3.8, 4) is 0 Å². The molecule has 0 atom stereocenters. The van der Waals surface area contributed by atoms with E-state index < -0.39 is 5.97 Å². The van der Waals surface area contributed by atoms with Gasteiger partial charge in [0.25, 0.3) is 0 Å². The van der Waals surface area contributed by atoms with Crippen molar-refractivity contribution in [2.24, 2.45) is 7.05 Å². The van der Waals surface area contributed by atoms with Crippen molar-refractivity contribution in [3.05, 3.63) is 40.8 Å². The smallest absolute Gasteiger partial charge is 0.339 e. The van der Waals surface area contributed by atoms with Gasteiger partial charge in [-0.25, -0.2) is 9.78 Å². The Morgan fingerprint density at radius 1 is 1.38 bits per heavy atom. The van der Waals surface area contributed by atoms with Gasteiger partial charge in [-0.3, -0.25) is 9.48 Å². The molecule has 0 unspecified atom stereocenters. The van der Waals surface area contributed by atoms with Crippen molar-refractivity contribution in [1.82, 2.24) is 14.8 Å². The molecular formula is C14H16N4O3. The van der Waals surface area contributed by atoms with E-state index in [9.17, 15) is 9.59 Å². The van der Waals surface area contributed by atoms with E-state index in [1.165, 1.54) is 18.3 Å². The molecule has 0 spiro atoms. The molecule has 0 aliphatic rings. The number of hydrogen-bond donors (Lipinski definition) is 2. The quantitative estimate of drug-likeness (QED) is 0.884. The van der Waals surface area contributed by atoms with Crippen LogP contribution in [0.2, 0.25) is 0 Å². The molecule has 2 aromatic heterocycles. The van der Waals surface area contributed by atoms with Gasteiger partial charge in [-0.05, 0) is 26.0 Å². The zero-order valence-electron chi connectivity index (χ0n) is 12.0. The molecule has 0 fully saturated rings. The van der Waals surface area contributed by atoms with Crippen molar-refractivity contribution < 1.29 is 14.7 Å². The summed E-state index contributed by atoms with van der Waals surface area (Å²) < 4.78 is 1.71. The number of nitrogens with one attached hydrogen (secondary N) is 1. The standard InChI is InChI=1S/C14H16N4O3/c1-8-11(9(2)18(3)17-8)7-12(19)16-13-10(14(20)21)5-4-6-15-13/h4-6H,7H2,1-3H3,(H,20,21)(H,15,16,19). The number of carbonyl (C=O) groups is 2. The van der Waals surface area contributed by atoms with E-state index in [1.807, 2.05) is 20.9 Å². The van der Waals surface area contributed by atoms with Crippen LogP contribution in [0.25, 0.3) is 0 Å². The van der Waals surface area contributed by atoms with E-state index in [1.54, 1.807) is 4.68 Å². The van der Waals surface area contributed by atoms with Crippen LogP contribution < -0.4 is 5.32 Å². The predicted octanol–water partition coefficient (Wildman–Crippen LogP) is 1.31. The van der Waals surface area contributed by atoms with Crippen molar-refractivity contribution >= 4 is 17.7 Å². The van der Waals surface area contributed by atoms with Crippen molar-refractivity contribution in [1.29, 1.82) is 0 Å². The molecule has 0 bridgehead atoms. The van der Waals surface area contributed by atoms with Gasteiger partial charge in [0, 0.05) is 24.5 Å². The summed E-state index contributed by atoms with van der Waals surface area (Å²) in [6, 6.07) is 2.90. The fourth-order valence-corrected chi connectivity index (χ4v) is 2.09. The zero-order valence-corrected chi connectivity index (χ0v) is 12.0. The van der Waals surface area contributed by atoms with Crippen LogP contribution in [0.1, 0.15) is 27.3 Å².